The minimum absolute atomic E-state index is 0.251. The van der Waals surface area contributed by atoms with Gasteiger partial charge in [-0.2, -0.15) is 0 Å². The second kappa shape index (κ2) is 18.7. The maximum absolute atomic E-state index is 12.4. The lowest BCUT2D eigenvalue weighted by molar-refractivity contribution is 0.0270. The second-order valence-corrected chi connectivity index (χ2v) is 16.7. The zero-order valence-corrected chi connectivity index (χ0v) is 37.2. The van der Waals surface area contributed by atoms with Crippen LogP contribution in [0.1, 0.15) is 56.4 Å². The first-order chi connectivity index (χ1) is 31.6. The molecule has 0 spiro atoms. The summed E-state index contributed by atoms with van der Waals surface area (Å²) in [7, 11) is 3.30. The molecule has 0 saturated heterocycles. The Morgan fingerprint density at radius 2 is 1.35 bits per heavy atom. The predicted molar refractivity (Wildman–Crippen MR) is 249 cm³/mol. The molecule has 332 valence electrons. The van der Waals surface area contributed by atoms with Gasteiger partial charge in [-0.15, -0.1) is 20.4 Å². The maximum Gasteiger partial charge on any atom is 0.410 e. The van der Waals surface area contributed by atoms with E-state index in [1.165, 1.54) is 16.7 Å². The zero-order valence-electron chi connectivity index (χ0n) is 37.2. The predicted octanol–water partition coefficient (Wildman–Crippen LogP) is 8.74. The van der Waals surface area contributed by atoms with Crippen LogP contribution in [-0.2, 0) is 18.0 Å². The van der Waals surface area contributed by atoms with E-state index in [4.69, 9.17) is 23.7 Å². The third kappa shape index (κ3) is 9.70. The SMILES string of the molecule is COc1ccc2c(OCc3nnc4ccc(C5=CCN(C(=O)OC(C)(C)C)CC5)cn34)ccnc2c1.COc1ccc2c(OCc3nnc4ccc(C5=CCNCC5)cn34)cccc2c1. The summed E-state index contributed by atoms with van der Waals surface area (Å²) >= 11 is 0. The van der Waals surface area contributed by atoms with Crippen LogP contribution in [0.25, 0.3) is 44.1 Å². The van der Waals surface area contributed by atoms with Gasteiger partial charge >= 0.3 is 6.09 Å². The van der Waals surface area contributed by atoms with E-state index < -0.39 is 5.60 Å². The molecule has 10 rings (SSSR count). The Morgan fingerprint density at radius 1 is 0.708 bits per heavy atom. The molecular weight excluding hydrogens is 823 g/mol. The molecule has 0 saturated carbocycles. The van der Waals surface area contributed by atoms with Gasteiger partial charge in [-0.3, -0.25) is 13.8 Å². The molecule has 0 unspecified atom stereocenters. The number of hydrogen-bond acceptors (Lipinski definition) is 12. The van der Waals surface area contributed by atoms with Crippen molar-refractivity contribution in [2.45, 2.75) is 52.4 Å². The van der Waals surface area contributed by atoms with Crippen molar-refractivity contribution in [3.05, 3.63) is 138 Å². The van der Waals surface area contributed by atoms with Crippen molar-refractivity contribution in [2.75, 3.05) is 40.4 Å². The molecule has 65 heavy (non-hydrogen) atoms. The lowest BCUT2D eigenvalue weighted by Crippen LogP contribution is -2.39. The van der Waals surface area contributed by atoms with Crippen molar-refractivity contribution < 1.29 is 28.5 Å². The van der Waals surface area contributed by atoms with Crippen LogP contribution in [0.15, 0.2) is 116 Å². The quantitative estimate of drug-likeness (QED) is 0.140. The third-order valence-corrected chi connectivity index (χ3v) is 11.3. The van der Waals surface area contributed by atoms with Crippen molar-refractivity contribution in [2.24, 2.45) is 0 Å². The number of nitrogens with zero attached hydrogens (tertiary/aromatic N) is 8. The number of hydrogen-bond donors (Lipinski definition) is 1. The van der Waals surface area contributed by atoms with Crippen molar-refractivity contribution in [3.8, 4) is 23.0 Å². The standard InChI is InChI=1S/C27H29N5O4.C23H22N4O2/c1-27(2,3)36-26(33)31-13-10-18(11-14-31)19-5-8-24-29-30-25(32(24)16-19)17-35-23-9-12-28-22-15-20(34-4)6-7-21(22)23;1-28-19-6-7-20-17(13-19)3-2-4-21(20)29-15-23-26-25-22-8-5-18(14-27(22)23)16-9-11-24-12-10-16/h5-10,12,15-16H,11,13-14,17H2,1-4H3;2-9,13-14,24H,10-12,15H2,1H3. The highest BCUT2D eigenvalue weighted by atomic mass is 16.6. The maximum atomic E-state index is 12.4. The molecule has 15 heteroatoms. The van der Waals surface area contributed by atoms with Gasteiger partial charge < -0.3 is 33.9 Å². The highest BCUT2D eigenvalue weighted by Crippen LogP contribution is 2.31. The Kier molecular flexibility index (Phi) is 12.3. The Balaban J connectivity index is 0.000000168. The number of nitrogens with one attached hydrogen (secondary N) is 1. The van der Waals surface area contributed by atoms with Crippen LogP contribution >= 0.6 is 0 Å². The summed E-state index contributed by atoms with van der Waals surface area (Å²) in [5, 5.41) is 23.6. The van der Waals surface area contributed by atoms with Crippen LogP contribution in [-0.4, -0.2) is 91.2 Å². The van der Waals surface area contributed by atoms with Crippen LogP contribution in [0.5, 0.6) is 23.0 Å². The lowest BCUT2D eigenvalue weighted by Gasteiger charge is -2.29. The molecule has 3 aromatic carbocycles. The average molecular weight is 874 g/mol. The number of benzene rings is 3. The van der Waals surface area contributed by atoms with Crippen LogP contribution < -0.4 is 24.3 Å². The van der Waals surface area contributed by atoms with Crippen molar-refractivity contribution in [3.63, 3.8) is 0 Å². The summed E-state index contributed by atoms with van der Waals surface area (Å²) in [6.45, 7) is 9.26. The highest BCUT2D eigenvalue weighted by Gasteiger charge is 2.24. The van der Waals surface area contributed by atoms with E-state index in [0.29, 0.717) is 31.3 Å². The van der Waals surface area contributed by atoms with Gasteiger partial charge in [0.15, 0.2) is 22.9 Å². The summed E-state index contributed by atoms with van der Waals surface area (Å²) in [5.41, 5.74) is 6.66. The normalized spacial score (nSPS) is 14.1. The van der Waals surface area contributed by atoms with E-state index in [1.807, 2.05) is 109 Å². The van der Waals surface area contributed by atoms with Gasteiger partial charge in [-0.05, 0) is 135 Å². The van der Waals surface area contributed by atoms with Gasteiger partial charge in [0.2, 0.25) is 0 Å². The number of aromatic nitrogens is 7. The molecule has 2 aliphatic heterocycles. The Morgan fingerprint density at radius 3 is 1.97 bits per heavy atom. The lowest BCUT2D eigenvalue weighted by atomic mass is 10.0. The minimum atomic E-state index is -0.506. The minimum Gasteiger partial charge on any atom is -0.497 e. The summed E-state index contributed by atoms with van der Waals surface area (Å²) < 4.78 is 32.4. The number of pyridine rings is 3. The number of carbonyl (C=O) groups excluding carboxylic acids is 1. The fraction of sp³-hybridized carbons (Fsp3) is 0.280. The monoisotopic (exact) mass is 873 g/mol. The van der Waals surface area contributed by atoms with Crippen LogP contribution in [0.2, 0.25) is 0 Å². The van der Waals surface area contributed by atoms with Gasteiger partial charge in [0, 0.05) is 55.1 Å². The molecule has 5 aromatic heterocycles. The number of methoxy groups -OCH3 is 2. The fourth-order valence-corrected chi connectivity index (χ4v) is 7.89. The van der Waals surface area contributed by atoms with Gasteiger partial charge in [-0.25, -0.2) is 4.79 Å². The van der Waals surface area contributed by atoms with Crippen LogP contribution in [0, 0.1) is 0 Å². The van der Waals surface area contributed by atoms with Crippen LogP contribution in [0.4, 0.5) is 4.79 Å². The molecule has 0 aliphatic carbocycles. The molecule has 0 bridgehead atoms. The number of ether oxygens (including phenoxy) is 5. The molecule has 1 amide bonds. The highest BCUT2D eigenvalue weighted by molar-refractivity contribution is 5.89. The van der Waals surface area contributed by atoms with Gasteiger partial charge in [-0.1, -0.05) is 24.3 Å². The molecule has 7 heterocycles. The van der Waals surface area contributed by atoms with E-state index >= 15 is 0 Å². The number of rotatable bonds is 10. The second-order valence-electron chi connectivity index (χ2n) is 16.7. The first-order valence-corrected chi connectivity index (χ1v) is 21.6. The van der Waals surface area contributed by atoms with Gasteiger partial charge in [0.25, 0.3) is 0 Å². The van der Waals surface area contributed by atoms with E-state index in [0.717, 1.165) is 87.5 Å². The molecule has 15 nitrogen and oxygen atoms in total. The molecule has 1 N–H and O–H groups in total. The van der Waals surface area contributed by atoms with Crippen molar-refractivity contribution >= 4 is 50.2 Å². The molecule has 0 atom stereocenters. The first-order valence-electron chi connectivity index (χ1n) is 21.6. The topological polar surface area (TPSA) is 152 Å². The van der Waals surface area contributed by atoms with E-state index in [-0.39, 0.29) is 12.7 Å². The Bertz CT molecular complexity index is 3080. The molecule has 0 radical (unpaired) electrons. The van der Waals surface area contributed by atoms with Gasteiger partial charge in [0.1, 0.15) is 41.8 Å². The van der Waals surface area contributed by atoms with E-state index in [9.17, 15) is 4.79 Å². The molecular formula is C50H51N9O6. The largest absolute Gasteiger partial charge is 0.497 e. The molecule has 0 fully saturated rings. The molecule has 8 aromatic rings. The number of carbonyl (C=O) groups is 1. The van der Waals surface area contributed by atoms with Crippen molar-refractivity contribution in [1.29, 1.82) is 0 Å². The Hall–Kier alpha value is -7.52. The van der Waals surface area contributed by atoms with Gasteiger partial charge in [0.05, 0.1) is 19.7 Å². The van der Waals surface area contributed by atoms with E-state index in [2.05, 4.69) is 61.2 Å². The zero-order chi connectivity index (χ0) is 44.9. The smallest absolute Gasteiger partial charge is 0.410 e. The number of amides is 1. The van der Waals surface area contributed by atoms with E-state index in [1.54, 1.807) is 25.3 Å². The van der Waals surface area contributed by atoms with Crippen molar-refractivity contribution in [1.82, 2.24) is 44.4 Å². The number of fused-ring (bicyclic) bond motifs is 4. The first kappa shape index (κ1) is 42.8. The van der Waals surface area contributed by atoms with Crippen LogP contribution in [0.3, 0.4) is 0 Å². The summed E-state index contributed by atoms with van der Waals surface area (Å²) in [6.07, 6.45) is 11.7. The molecule has 2 aliphatic rings. The average Bonchev–Trinajstić information content (AvgIpc) is 3.95. The summed E-state index contributed by atoms with van der Waals surface area (Å²) in [5.74, 6) is 4.58. The summed E-state index contributed by atoms with van der Waals surface area (Å²) in [6, 6.07) is 27.6. The Labute approximate surface area is 376 Å². The fourth-order valence-electron chi connectivity index (χ4n) is 7.89. The third-order valence-electron chi connectivity index (χ3n) is 11.3. The summed E-state index contributed by atoms with van der Waals surface area (Å²) in [4.78, 5) is 18.5.